The van der Waals surface area contributed by atoms with Crippen LogP contribution in [-0.4, -0.2) is 16.6 Å². The van der Waals surface area contributed by atoms with E-state index in [1.165, 1.54) is 0 Å². The van der Waals surface area contributed by atoms with Gasteiger partial charge in [-0.25, -0.2) is 4.98 Å². The molecule has 0 aliphatic carbocycles. The Labute approximate surface area is 90.9 Å². The van der Waals surface area contributed by atoms with Crippen LogP contribution in [0, 0.1) is 12.8 Å². The van der Waals surface area contributed by atoms with Crippen LogP contribution in [0.2, 0.25) is 0 Å². The first-order valence-electron chi connectivity index (χ1n) is 5.30. The molecule has 0 aromatic carbocycles. The Hall–Kier alpha value is -1.32. The Balaban J connectivity index is 2.90. The summed E-state index contributed by atoms with van der Waals surface area (Å²) < 4.78 is 5.59. The van der Waals surface area contributed by atoms with Crippen molar-refractivity contribution >= 4 is 5.82 Å². The first kappa shape index (κ1) is 11.8. The van der Waals surface area contributed by atoms with E-state index in [9.17, 15) is 0 Å². The highest BCUT2D eigenvalue weighted by Gasteiger charge is 2.09. The van der Waals surface area contributed by atoms with Gasteiger partial charge in [0.05, 0.1) is 12.2 Å². The molecule has 0 radical (unpaired) electrons. The minimum Gasteiger partial charge on any atom is -0.477 e. The van der Waals surface area contributed by atoms with E-state index < -0.39 is 0 Å². The van der Waals surface area contributed by atoms with Gasteiger partial charge in [0.1, 0.15) is 11.6 Å². The Bertz CT molecular complexity index is 337. The van der Waals surface area contributed by atoms with Crippen molar-refractivity contribution < 1.29 is 4.74 Å². The molecule has 4 nitrogen and oxygen atoms in total. The van der Waals surface area contributed by atoms with Gasteiger partial charge in [-0.2, -0.15) is 4.98 Å². The normalized spacial score (nSPS) is 10.7. The van der Waals surface area contributed by atoms with Crippen LogP contribution in [0.5, 0.6) is 5.88 Å². The molecule has 0 saturated carbocycles. The highest BCUT2D eigenvalue weighted by Crippen LogP contribution is 2.20. The first-order valence-corrected chi connectivity index (χ1v) is 5.30. The fourth-order valence-corrected chi connectivity index (χ4v) is 1.10. The van der Waals surface area contributed by atoms with Gasteiger partial charge >= 0.3 is 0 Å². The lowest BCUT2D eigenvalue weighted by atomic mass is 10.2. The van der Waals surface area contributed by atoms with Gasteiger partial charge in [0.25, 0.3) is 0 Å². The maximum absolute atomic E-state index is 5.77. The van der Waals surface area contributed by atoms with Crippen molar-refractivity contribution in [3.05, 3.63) is 11.4 Å². The minimum atomic E-state index is 0.477. The lowest BCUT2D eigenvalue weighted by molar-refractivity contribution is 0.258. The maximum Gasteiger partial charge on any atom is 0.221 e. The molecule has 4 heteroatoms. The molecular formula is C11H19N3O. The van der Waals surface area contributed by atoms with Crippen LogP contribution in [-0.2, 0) is 6.42 Å². The summed E-state index contributed by atoms with van der Waals surface area (Å²) in [5.74, 6) is 2.34. The van der Waals surface area contributed by atoms with E-state index in [-0.39, 0.29) is 0 Å². The summed E-state index contributed by atoms with van der Waals surface area (Å²) in [7, 11) is 0. The predicted octanol–water partition coefficient (Wildman–Crippen LogP) is 1.96. The van der Waals surface area contributed by atoms with Crippen LogP contribution in [0.25, 0.3) is 0 Å². The topological polar surface area (TPSA) is 61.0 Å². The van der Waals surface area contributed by atoms with Crippen LogP contribution in [0.15, 0.2) is 0 Å². The SMILES string of the molecule is CCc1nc(N)c(C)c(OCC(C)C)n1. The summed E-state index contributed by atoms with van der Waals surface area (Å²) in [4.78, 5) is 8.48. The van der Waals surface area contributed by atoms with Gasteiger partial charge in [0, 0.05) is 6.42 Å². The second kappa shape index (κ2) is 4.96. The van der Waals surface area contributed by atoms with E-state index in [0.717, 1.165) is 17.8 Å². The van der Waals surface area contributed by atoms with Crippen LogP contribution in [0.3, 0.4) is 0 Å². The van der Waals surface area contributed by atoms with Gasteiger partial charge in [-0.15, -0.1) is 0 Å². The molecule has 1 heterocycles. The molecule has 0 amide bonds. The molecule has 15 heavy (non-hydrogen) atoms. The summed E-state index contributed by atoms with van der Waals surface area (Å²) in [5, 5.41) is 0. The summed E-state index contributed by atoms with van der Waals surface area (Å²) in [5.41, 5.74) is 6.60. The number of aromatic nitrogens is 2. The molecule has 1 aromatic heterocycles. The number of hydrogen-bond donors (Lipinski definition) is 1. The second-order valence-corrected chi connectivity index (χ2v) is 4.01. The molecule has 0 fully saturated rings. The number of nitrogen functional groups attached to an aromatic ring is 1. The average Bonchev–Trinajstić information content (AvgIpc) is 2.19. The molecule has 2 N–H and O–H groups in total. The predicted molar refractivity (Wildman–Crippen MR) is 60.9 cm³/mol. The summed E-state index contributed by atoms with van der Waals surface area (Å²) in [6.45, 7) is 8.72. The number of nitrogens with zero attached hydrogens (tertiary/aromatic N) is 2. The molecule has 0 bridgehead atoms. The molecule has 1 rings (SSSR count). The van der Waals surface area contributed by atoms with Crippen molar-refractivity contribution in [3.8, 4) is 5.88 Å². The van der Waals surface area contributed by atoms with Crippen LogP contribution in [0.4, 0.5) is 5.82 Å². The summed E-state index contributed by atoms with van der Waals surface area (Å²) in [6.07, 6.45) is 0.766. The lowest BCUT2D eigenvalue weighted by Gasteiger charge is -2.12. The van der Waals surface area contributed by atoms with E-state index in [4.69, 9.17) is 10.5 Å². The van der Waals surface area contributed by atoms with Gasteiger partial charge in [0.2, 0.25) is 5.88 Å². The van der Waals surface area contributed by atoms with Gasteiger partial charge in [0.15, 0.2) is 0 Å². The van der Waals surface area contributed by atoms with Crippen molar-refractivity contribution in [2.24, 2.45) is 5.92 Å². The van der Waals surface area contributed by atoms with Crippen molar-refractivity contribution in [1.29, 1.82) is 0 Å². The number of nitrogens with two attached hydrogens (primary N) is 1. The number of hydrogen-bond acceptors (Lipinski definition) is 4. The molecule has 1 aromatic rings. The third kappa shape index (κ3) is 3.08. The molecule has 0 aliphatic rings. The zero-order valence-electron chi connectivity index (χ0n) is 9.87. The lowest BCUT2D eigenvalue weighted by Crippen LogP contribution is -2.10. The standard InChI is InChI=1S/C11H19N3O/c1-5-9-13-10(12)8(4)11(14-9)15-6-7(2)3/h7H,5-6H2,1-4H3,(H2,12,13,14). The van der Waals surface area contributed by atoms with Crippen LogP contribution in [0.1, 0.15) is 32.2 Å². The number of rotatable bonds is 4. The molecule has 0 aliphatic heterocycles. The van der Waals surface area contributed by atoms with Crippen molar-refractivity contribution in [1.82, 2.24) is 9.97 Å². The molecule has 0 saturated heterocycles. The number of ether oxygens (including phenoxy) is 1. The fourth-order valence-electron chi connectivity index (χ4n) is 1.10. The second-order valence-electron chi connectivity index (χ2n) is 4.01. The van der Waals surface area contributed by atoms with Gasteiger partial charge in [-0.05, 0) is 12.8 Å². The Morgan fingerprint density at radius 3 is 2.53 bits per heavy atom. The highest BCUT2D eigenvalue weighted by molar-refractivity contribution is 5.44. The molecule has 84 valence electrons. The zero-order valence-corrected chi connectivity index (χ0v) is 9.87. The number of anilines is 1. The minimum absolute atomic E-state index is 0.477. The third-order valence-corrected chi connectivity index (χ3v) is 2.05. The molecule has 0 unspecified atom stereocenters. The highest BCUT2D eigenvalue weighted by atomic mass is 16.5. The Morgan fingerprint density at radius 1 is 1.33 bits per heavy atom. The van der Waals surface area contributed by atoms with E-state index in [0.29, 0.717) is 24.2 Å². The quantitative estimate of drug-likeness (QED) is 0.823. The van der Waals surface area contributed by atoms with Gasteiger partial charge < -0.3 is 10.5 Å². The number of aryl methyl sites for hydroxylation is 1. The van der Waals surface area contributed by atoms with Crippen LogP contribution >= 0.6 is 0 Å². The van der Waals surface area contributed by atoms with Gasteiger partial charge in [-0.1, -0.05) is 20.8 Å². The third-order valence-electron chi connectivity index (χ3n) is 2.05. The average molecular weight is 209 g/mol. The van der Waals surface area contributed by atoms with E-state index >= 15 is 0 Å². The Kier molecular flexibility index (Phi) is 3.88. The first-order chi connectivity index (χ1) is 7.04. The molecular weight excluding hydrogens is 190 g/mol. The van der Waals surface area contributed by atoms with Crippen molar-refractivity contribution in [3.63, 3.8) is 0 Å². The van der Waals surface area contributed by atoms with E-state index in [1.54, 1.807) is 0 Å². The van der Waals surface area contributed by atoms with E-state index in [2.05, 4.69) is 23.8 Å². The van der Waals surface area contributed by atoms with E-state index in [1.807, 2.05) is 13.8 Å². The zero-order chi connectivity index (χ0) is 11.4. The van der Waals surface area contributed by atoms with Gasteiger partial charge in [-0.3, -0.25) is 0 Å². The summed E-state index contributed by atoms with van der Waals surface area (Å²) in [6, 6.07) is 0. The summed E-state index contributed by atoms with van der Waals surface area (Å²) >= 11 is 0. The largest absolute Gasteiger partial charge is 0.477 e. The fraction of sp³-hybridized carbons (Fsp3) is 0.636. The monoisotopic (exact) mass is 209 g/mol. The van der Waals surface area contributed by atoms with Crippen molar-refractivity contribution in [2.75, 3.05) is 12.3 Å². The smallest absolute Gasteiger partial charge is 0.221 e. The Morgan fingerprint density at radius 2 is 2.00 bits per heavy atom. The molecule has 0 atom stereocenters. The molecule has 0 spiro atoms. The van der Waals surface area contributed by atoms with Crippen LogP contribution < -0.4 is 10.5 Å². The van der Waals surface area contributed by atoms with Crippen molar-refractivity contribution in [2.45, 2.75) is 34.1 Å². The maximum atomic E-state index is 5.77.